The van der Waals surface area contributed by atoms with Gasteiger partial charge < -0.3 is 26.3 Å². The molecule has 0 unspecified atom stereocenters. The summed E-state index contributed by atoms with van der Waals surface area (Å²) in [7, 11) is -1.12. The first-order chi connectivity index (χ1) is 13.5. The highest BCUT2D eigenvalue weighted by Gasteiger charge is 2.16. The number of nitrogens with two attached hydrogens (primary N) is 2. The van der Waals surface area contributed by atoms with Gasteiger partial charge in [0.1, 0.15) is 10.9 Å². The average Bonchev–Trinajstić information content (AvgIpc) is 2.63. The van der Waals surface area contributed by atoms with Crippen molar-refractivity contribution in [1.29, 1.82) is 0 Å². The summed E-state index contributed by atoms with van der Waals surface area (Å²) in [6.45, 7) is 0.482. The Labute approximate surface area is 168 Å². The zero-order valence-corrected chi connectivity index (χ0v) is 16.9. The van der Waals surface area contributed by atoms with Crippen LogP contribution in [-0.2, 0) is 21.6 Å². The van der Waals surface area contributed by atoms with Crippen LogP contribution in [0.5, 0.6) is 5.75 Å². The summed E-state index contributed by atoms with van der Waals surface area (Å²) in [5.74, 6) is -0.538. The molecule has 1 atom stereocenters. The van der Waals surface area contributed by atoms with Gasteiger partial charge in [0.25, 0.3) is 5.96 Å². The van der Waals surface area contributed by atoms with Crippen molar-refractivity contribution in [3.8, 4) is 5.75 Å². The molecule has 162 valence electrons. The Balaban J connectivity index is 2.39. The van der Waals surface area contributed by atoms with E-state index in [0.717, 1.165) is 9.87 Å². The van der Waals surface area contributed by atoms with E-state index in [1.165, 1.54) is 26.2 Å². The van der Waals surface area contributed by atoms with Crippen LogP contribution in [0.25, 0.3) is 0 Å². The van der Waals surface area contributed by atoms with Crippen LogP contribution in [0.3, 0.4) is 0 Å². The van der Waals surface area contributed by atoms with Crippen LogP contribution in [-0.4, -0.2) is 56.3 Å². The molecule has 0 aliphatic rings. The van der Waals surface area contributed by atoms with Gasteiger partial charge in [0, 0.05) is 27.2 Å². The number of hydrogen-bond donors (Lipinski definition) is 4. The molecule has 14 heteroatoms. The van der Waals surface area contributed by atoms with Gasteiger partial charge >= 0.3 is 10.3 Å². The standard InChI is InChI=1S/C15H25N7O6S/c1-21(2)29(26,27)28-12-7-5-11(6-8-12)10-19-14(23)13(16)4-3-9-18-15(17)20-22(24)25/h5-8,13H,3-4,9-10,16H2,1-2H3,(H,19,23)(H3,17,18,20)/t13-/m1/s1. The maximum Gasteiger partial charge on any atom is 0.384 e. The summed E-state index contributed by atoms with van der Waals surface area (Å²) in [6, 6.07) is 5.43. The smallest absolute Gasteiger partial charge is 0.371 e. The maximum atomic E-state index is 12.0. The SMILES string of the molecule is CN(C)S(=O)(=O)Oc1ccc(CNC(=O)[C@H](N)CCCNC(N)=N[N+](=O)[O-])cc1. The third kappa shape index (κ3) is 9.18. The Morgan fingerprint density at radius 3 is 2.48 bits per heavy atom. The number of carbonyl (C=O) groups is 1. The zero-order valence-electron chi connectivity index (χ0n) is 16.1. The van der Waals surface area contributed by atoms with E-state index in [1.807, 2.05) is 0 Å². The molecule has 29 heavy (non-hydrogen) atoms. The number of rotatable bonds is 11. The van der Waals surface area contributed by atoms with E-state index in [9.17, 15) is 23.3 Å². The molecule has 0 saturated heterocycles. The van der Waals surface area contributed by atoms with Crippen molar-refractivity contribution >= 4 is 22.2 Å². The molecule has 0 bridgehead atoms. The lowest BCUT2D eigenvalue weighted by atomic mass is 10.1. The van der Waals surface area contributed by atoms with E-state index in [4.69, 9.17) is 15.7 Å². The number of carbonyl (C=O) groups excluding carboxylic acids is 1. The normalized spacial score (nSPS) is 13.0. The minimum Gasteiger partial charge on any atom is -0.371 e. The predicted molar refractivity (Wildman–Crippen MR) is 105 cm³/mol. The maximum absolute atomic E-state index is 12.0. The van der Waals surface area contributed by atoms with E-state index in [-0.39, 0.29) is 30.7 Å². The van der Waals surface area contributed by atoms with Crippen molar-refractivity contribution in [1.82, 2.24) is 14.9 Å². The first-order valence-corrected chi connectivity index (χ1v) is 9.84. The van der Waals surface area contributed by atoms with Crippen molar-refractivity contribution in [3.05, 3.63) is 39.9 Å². The second-order valence-electron chi connectivity index (χ2n) is 6.08. The van der Waals surface area contributed by atoms with Gasteiger partial charge in [-0.3, -0.25) is 4.79 Å². The molecule has 1 aromatic rings. The van der Waals surface area contributed by atoms with E-state index in [1.54, 1.807) is 12.1 Å². The highest BCUT2D eigenvalue weighted by atomic mass is 32.2. The second-order valence-corrected chi connectivity index (χ2v) is 7.84. The molecule has 0 saturated carbocycles. The van der Waals surface area contributed by atoms with Crippen molar-refractivity contribution in [2.24, 2.45) is 16.6 Å². The fourth-order valence-corrected chi connectivity index (χ4v) is 2.48. The fraction of sp³-hybridized carbons (Fsp3) is 0.467. The lowest BCUT2D eigenvalue weighted by molar-refractivity contribution is -0.485. The van der Waals surface area contributed by atoms with Gasteiger partial charge in [0.15, 0.2) is 5.03 Å². The molecule has 0 spiro atoms. The third-order valence-electron chi connectivity index (χ3n) is 3.56. The summed E-state index contributed by atoms with van der Waals surface area (Å²) in [5, 5.41) is 17.3. The monoisotopic (exact) mass is 431 g/mol. The number of amides is 1. The summed E-state index contributed by atoms with van der Waals surface area (Å²) in [5.41, 5.74) is 11.8. The van der Waals surface area contributed by atoms with Crippen LogP contribution in [0, 0.1) is 10.1 Å². The summed E-state index contributed by atoms with van der Waals surface area (Å²) < 4.78 is 29.2. The molecule has 0 aliphatic heterocycles. The van der Waals surface area contributed by atoms with Crippen LogP contribution in [0.2, 0.25) is 0 Å². The van der Waals surface area contributed by atoms with Crippen molar-refractivity contribution in [2.45, 2.75) is 25.4 Å². The lowest BCUT2D eigenvalue weighted by Gasteiger charge is -2.13. The molecule has 0 aliphatic carbocycles. The van der Waals surface area contributed by atoms with Gasteiger partial charge in [-0.1, -0.05) is 12.1 Å². The topological polar surface area (TPSA) is 195 Å². The van der Waals surface area contributed by atoms with Crippen molar-refractivity contribution in [2.75, 3.05) is 20.6 Å². The largest absolute Gasteiger partial charge is 0.384 e. The molecule has 0 heterocycles. The highest BCUT2D eigenvalue weighted by Crippen LogP contribution is 2.15. The number of guanidine groups is 1. The van der Waals surface area contributed by atoms with Crippen LogP contribution in [0.4, 0.5) is 0 Å². The molecule has 13 nitrogen and oxygen atoms in total. The Morgan fingerprint density at radius 1 is 1.31 bits per heavy atom. The van der Waals surface area contributed by atoms with Crippen molar-refractivity contribution in [3.63, 3.8) is 0 Å². The van der Waals surface area contributed by atoms with E-state index >= 15 is 0 Å². The average molecular weight is 431 g/mol. The molecule has 1 rings (SSSR count). The van der Waals surface area contributed by atoms with Crippen molar-refractivity contribution < 1.29 is 22.4 Å². The number of benzene rings is 1. The van der Waals surface area contributed by atoms with Crippen LogP contribution >= 0.6 is 0 Å². The van der Waals surface area contributed by atoms with Gasteiger partial charge in [-0.2, -0.15) is 12.7 Å². The van der Waals surface area contributed by atoms with Gasteiger partial charge in [0.2, 0.25) is 5.91 Å². The van der Waals surface area contributed by atoms with Gasteiger partial charge in [0.05, 0.1) is 6.04 Å². The molecule has 0 fully saturated rings. The molecule has 6 N–H and O–H groups in total. The Bertz CT molecular complexity index is 826. The molecule has 0 radical (unpaired) electrons. The summed E-state index contributed by atoms with van der Waals surface area (Å²) in [6.07, 6.45) is 0.786. The second kappa shape index (κ2) is 11.1. The van der Waals surface area contributed by atoms with E-state index in [2.05, 4.69) is 15.7 Å². The molecular weight excluding hydrogens is 406 g/mol. The fourth-order valence-electron chi connectivity index (χ4n) is 1.97. The summed E-state index contributed by atoms with van der Waals surface area (Å²) in [4.78, 5) is 22.1. The van der Waals surface area contributed by atoms with E-state index < -0.39 is 21.4 Å². The Hall–Kier alpha value is -2.97. The molecular formula is C15H25N7O6S. The van der Waals surface area contributed by atoms with Gasteiger partial charge in [-0.25, -0.2) is 10.1 Å². The van der Waals surface area contributed by atoms with E-state index in [0.29, 0.717) is 12.8 Å². The number of nitrogens with zero attached hydrogens (tertiary/aromatic N) is 3. The Morgan fingerprint density at radius 2 is 1.93 bits per heavy atom. The Kier molecular flexibility index (Phi) is 9.24. The van der Waals surface area contributed by atoms with Gasteiger partial charge in [-0.15, -0.1) is 0 Å². The quantitative estimate of drug-likeness (QED) is 0.108. The minimum atomic E-state index is -3.83. The summed E-state index contributed by atoms with van der Waals surface area (Å²) >= 11 is 0. The third-order valence-corrected chi connectivity index (χ3v) is 4.86. The van der Waals surface area contributed by atoms with Crippen LogP contribution < -0.4 is 26.3 Å². The first-order valence-electron chi connectivity index (χ1n) is 8.47. The number of nitro groups is 1. The number of nitrogens with one attached hydrogen (secondary N) is 2. The van der Waals surface area contributed by atoms with Crippen LogP contribution in [0.15, 0.2) is 29.4 Å². The lowest BCUT2D eigenvalue weighted by Crippen LogP contribution is -2.41. The van der Waals surface area contributed by atoms with Crippen LogP contribution in [0.1, 0.15) is 18.4 Å². The number of hydrazone groups is 1. The molecule has 0 aromatic heterocycles. The van der Waals surface area contributed by atoms with Gasteiger partial charge in [-0.05, 0) is 30.5 Å². The highest BCUT2D eigenvalue weighted by molar-refractivity contribution is 7.84. The predicted octanol–water partition coefficient (Wildman–Crippen LogP) is -1.31. The molecule has 1 aromatic carbocycles. The minimum absolute atomic E-state index is 0.151. The first kappa shape index (κ1) is 24.1. The molecule has 1 amide bonds. The number of hydrogen-bond acceptors (Lipinski definition) is 7. The zero-order chi connectivity index (χ0) is 22.0.